The van der Waals surface area contributed by atoms with Crippen molar-refractivity contribution in [3.05, 3.63) is 58.1 Å². The minimum Gasteiger partial charge on any atom is -0.490 e. The van der Waals surface area contributed by atoms with Gasteiger partial charge < -0.3 is 14.8 Å². The lowest BCUT2D eigenvalue weighted by molar-refractivity contribution is 0.269. The molecule has 0 saturated heterocycles. The van der Waals surface area contributed by atoms with Gasteiger partial charge in [0.05, 0.1) is 11.6 Å². The average Bonchev–Trinajstić information content (AvgIpc) is 2.56. The van der Waals surface area contributed by atoms with Gasteiger partial charge in [0.2, 0.25) is 0 Å². The van der Waals surface area contributed by atoms with Crippen molar-refractivity contribution < 1.29 is 9.47 Å². The van der Waals surface area contributed by atoms with E-state index >= 15 is 0 Å². The summed E-state index contributed by atoms with van der Waals surface area (Å²) in [5.41, 5.74) is 3.43. The van der Waals surface area contributed by atoms with E-state index in [2.05, 4.69) is 43.4 Å². The normalized spacial score (nSPS) is 10.7. The fourth-order valence-corrected chi connectivity index (χ4v) is 2.66. The summed E-state index contributed by atoms with van der Waals surface area (Å²) in [6.07, 6.45) is 1.10. The molecule has 3 nitrogen and oxygen atoms in total. The molecule has 0 aliphatic rings. The molecular formula is C20H26ClNO2. The van der Waals surface area contributed by atoms with Crippen molar-refractivity contribution >= 4 is 11.6 Å². The lowest BCUT2D eigenvalue weighted by Gasteiger charge is -2.16. The number of hydrogen-bond donors (Lipinski definition) is 1. The van der Waals surface area contributed by atoms with Crippen molar-refractivity contribution in [3.63, 3.8) is 0 Å². The number of nitrogens with one attached hydrogen (secondary N) is 1. The molecule has 0 radical (unpaired) electrons. The van der Waals surface area contributed by atoms with Gasteiger partial charge in [0, 0.05) is 6.54 Å². The van der Waals surface area contributed by atoms with Gasteiger partial charge in [-0.3, -0.25) is 0 Å². The van der Waals surface area contributed by atoms with Crippen LogP contribution < -0.4 is 14.8 Å². The van der Waals surface area contributed by atoms with Crippen molar-refractivity contribution in [2.45, 2.75) is 40.3 Å². The molecule has 0 saturated carbocycles. The standard InChI is InChI=1S/C20H26ClNO2/c1-4-10-22-13-17-11-18(21)20(19(12-17)23-5-2)24-14-16-8-6-15(3)7-9-16/h6-9,11-12,22H,4-5,10,13-14H2,1-3H3. The molecule has 0 unspecified atom stereocenters. The first-order valence-electron chi connectivity index (χ1n) is 8.48. The van der Waals surface area contributed by atoms with E-state index in [0.29, 0.717) is 29.7 Å². The van der Waals surface area contributed by atoms with Gasteiger partial charge >= 0.3 is 0 Å². The largest absolute Gasteiger partial charge is 0.490 e. The Morgan fingerprint density at radius 3 is 2.42 bits per heavy atom. The number of rotatable bonds is 9. The molecule has 1 N–H and O–H groups in total. The molecule has 0 atom stereocenters. The van der Waals surface area contributed by atoms with E-state index in [-0.39, 0.29) is 0 Å². The van der Waals surface area contributed by atoms with Gasteiger partial charge in [-0.05, 0) is 50.1 Å². The first kappa shape index (κ1) is 18.6. The van der Waals surface area contributed by atoms with Crippen LogP contribution in [0.3, 0.4) is 0 Å². The van der Waals surface area contributed by atoms with E-state index in [4.69, 9.17) is 21.1 Å². The van der Waals surface area contributed by atoms with Crippen LogP contribution in [-0.2, 0) is 13.2 Å². The molecule has 0 amide bonds. The zero-order valence-corrected chi connectivity index (χ0v) is 15.5. The molecule has 2 rings (SSSR count). The van der Waals surface area contributed by atoms with Crippen molar-refractivity contribution in [3.8, 4) is 11.5 Å². The fraction of sp³-hybridized carbons (Fsp3) is 0.400. The Balaban J connectivity index is 2.13. The van der Waals surface area contributed by atoms with E-state index in [1.54, 1.807) is 0 Å². The summed E-state index contributed by atoms with van der Waals surface area (Å²) in [4.78, 5) is 0. The van der Waals surface area contributed by atoms with Crippen LogP contribution in [0.1, 0.15) is 37.0 Å². The summed E-state index contributed by atoms with van der Waals surface area (Å²) in [5.74, 6) is 1.31. The third-order valence-electron chi connectivity index (χ3n) is 3.63. The summed E-state index contributed by atoms with van der Waals surface area (Å²) in [5, 5.41) is 3.96. The Morgan fingerprint density at radius 2 is 1.75 bits per heavy atom. The van der Waals surface area contributed by atoms with E-state index in [0.717, 1.165) is 30.6 Å². The summed E-state index contributed by atoms with van der Waals surface area (Å²) in [6.45, 7) is 8.96. The molecule has 4 heteroatoms. The van der Waals surface area contributed by atoms with Gasteiger partial charge in [-0.2, -0.15) is 0 Å². The third-order valence-corrected chi connectivity index (χ3v) is 3.91. The minimum absolute atomic E-state index is 0.466. The highest BCUT2D eigenvalue weighted by atomic mass is 35.5. The number of hydrogen-bond acceptors (Lipinski definition) is 3. The average molecular weight is 348 g/mol. The fourth-order valence-electron chi connectivity index (χ4n) is 2.38. The van der Waals surface area contributed by atoms with E-state index in [1.807, 2.05) is 19.1 Å². The van der Waals surface area contributed by atoms with Gasteiger partial charge in [0.1, 0.15) is 6.61 Å². The second kappa shape index (κ2) is 9.55. The van der Waals surface area contributed by atoms with Gasteiger partial charge in [0.25, 0.3) is 0 Å². The molecule has 0 aliphatic carbocycles. The second-order valence-corrected chi connectivity index (χ2v) is 6.20. The maximum atomic E-state index is 6.44. The molecule has 0 heterocycles. The molecule has 0 aromatic heterocycles. The number of ether oxygens (including phenoxy) is 2. The van der Waals surface area contributed by atoms with Crippen LogP contribution in [0.25, 0.3) is 0 Å². The van der Waals surface area contributed by atoms with Crippen LogP contribution in [0.4, 0.5) is 0 Å². The Labute approximate surface area is 149 Å². The lowest BCUT2D eigenvalue weighted by atomic mass is 10.1. The predicted octanol–water partition coefficient (Wildman–Crippen LogP) is 5.13. The van der Waals surface area contributed by atoms with Crippen LogP contribution in [-0.4, -0.2) is 13.2 Å². The van der Waals surface area contributed by atoms with Crippen LogP contribution in [0.5, 0.6) is 11.5 Å². The number of benzene rings is 2. The van der Waals surface area contributed by atoms with Gasteiger partial charge in [-0.25, -0.2) is 0 Å². The van der Waals surface area contributed by atoms with E-state index < -0.39 is 0 Å². The van der Waals surface area contributed by atoms with Crippen LogP contribution in [0, 0.1) is 6.92 Å². The topological polar surface area (TPSA) is 30.5 Å². The maximum absolute atomic E-state index is 6.44. The summed E-state index contributed by atoms with van der Waals surface area (Å²) >= 11 is 6.44. The lowest BCUT2D eigenvalue weighted by Crippen LogP contribution is -2.14. The molecule has 0 aliphatic heterocycles. The smallest absolute Gasteiger partial charge is 0.180 e. The van der Waals surface area contributed by atoms with E-state index in [1.165, 1.54) is 5.56 Å². The van der Waals surface area contributed by atoms with E-state index in [9.17, 15) is 0 Å². The summed E-state index contributed by atoms with van der Waals surface area (Å²) in [7, 11) is 0. The highest BCUT2D eigenvalue weighted by molar-refractivity contribution is 6.32. The first-order valence-corrected chi connectivity index (χ1v) is 8.86. The Kier molecular flexibility index (Phi) is 7.41. The van der Waals surface area contributed by atoms with Crippen molar-refractivity contribution in [1.82, 2.24) is 5.32 Å². The van der Waals surface area contributed by atoms with Crippen LogP contribution in [0.15, 0.2) is 36.4 Å². The van der Waals surface area contributed by atoms with Gasteiger partial charge in [-0.15, -0.1) is 0 Å². The number of aryl methyl sites for hydroxylation is 1. The molecular weight excluding hydrogens is 322 g/mol. The predicted molar refractivity (Wildman–Crippen MR) is 100 cm³/mol. The first-order chi connectivity index (χ1) is 11.6. The molecule has 2 aromatic rings. The second-order valence-electron chi connectivity index (χ2n) is 5.79. The molecule has 2 aromatic carbocycles. The minimum atomic E-state index is 0.466. The van der Waals surface area contributed by atoms with Crippen molar-refractivity contribution in [1.29, 1.82) is 0 Å². The highest BCUT2D eigenvalue weighted by Crippen LogP contribution is 2.37. The summed E-state index contributed by atoms with van der Waals surface area (Å²) in [6, 6.07) is 12.2. The monoisotopic (exact) mass is 347 g/mol. The van der Waals surface area contributed by atoms with Gasteiger partial charge in [-0.1, -0.05) is 48.4 Å². The molecule has 0 spiro atoms. The maximum Gasteiger partial charge on any atom is 0.180 e. The third kappa shape index (κ3) is 5.43. The van der Waals surface area contributed by atoms with Crippen molar-refractivity contribution in [2.24, 2.45) is 0 Å². The van der Waals surface area contributed by atoms with Gasteiger partial charge in [0.15, 0.2) is 11.5 Å². The number of halogens is 1. The Bertz CT molecular complexity index is 641. The van der Waals surface area contributed by atoms with Crippen molar-refractivity contribution in [2.75, 3.05) is 13.2 Å². The summed E-state index contributed by atoms with van der Waals surface area (Å²) < 4.78 is 11.7. The SMILES string of the molecule is CCCNCc1cc(Cl)c(OCc2ccc(C)cc2)c(OCC)c1. The van der Waals surface area contributed by atoms with Crippen LogP contribution >= 0.6 is 11.6 Å². The highest BCUT2D eigenvalue weighted by Gasteiger charge is 2.13. The Morgan fingerprint density at radius 1 is 1.00 bits per heavy atom. The zero-order chi connectivity index (χ0) is 17.4. The zero-order valence-electron chi connectivity index (χ0n) is 14.7. The quantitative estimate of drug-likeness (QED) is 0.638. The molecule has 0 fully saturated rings. The Hall–Kier alpha value is -1.71. The molecule has 130 valence electrons. The van der Waals surface area contributed by atoms with Crippen LogP contribution in [0.2, 0.25) is 5.02 Å². The molecule has 0 bridgehead atoms. The molecule has 24 heavy (non-hydrogen) atoms.